The fourth-order valence-electron chi connectivity index (χ4n) is 0.876. The Morgan fingerprint density at radius 1 is 1.33 bits per heavy atom. The SMILES string of the molecule is O=C(Cl)c1cc(Br)c(Br)cc1OC(F)F. The lowest BCUT2D eigenvalue weighted by molar-refractivity contribution is -0.0501. The lowest BCUT2D eigenvalue weighted by atomic mass is 10.2. The number of ether oxygens (including phenoxy) is 1. The van der Waals surface area contributed by atoms with Crippen LogP contribution in [0.4, 0.5) is 8.78 Å². The van der Waals surface area contributed by atoms with E-state index < -0.39 is 11.9 Å². The van der Waals surface area contributed by atoms with Crippen molar-refractivity contribution in [2.45, 2.75) is 6.61 Å². The molecule has 82 valence electrons. The van der Waals surface area contributed by atoms with Crippen LogP contribution in [0.5, 0.6) is 5.75 Å². The Labute approximate surface area is 106 Å². The van der Waals surface area contributed by atoms with Gasteiger partial charge in [-0.15, -0.1) is 0 Å². The first kappa shape index (κ1) is 12.9. The quantitative estimate of drug-likeness (QED) is 0.752. The summed E-state index contributed by atoms with van der Waals surface area (Å²) >= 11 is 11.4. The number of halogens is 5. The fourth-order valence-corrected chi connectivity index (χ4v) is 1.69. The summed E-state index contributed by atoms with van der Waals surface area (Å²) in [6.07, 6.45) is 0. The molecule has 0 atom stereocenters. The van der Waals surface area contributed by atoms with Crippen molar-refractivity contribution < 1.29 is 18.3 Å². The van der Waals surface area contributed by atoms with E-state index in [2.05, 4.69) is 36.6 Å². The molecule has 0 spiro atoms. The second kappa shape index (κ2) is 5.23. The maximum absolute atomic E-state index is 12.0. The molecule has 0 aliphatic carbocycles. The Kier molecular flexibility index (Phi) is 4.48. The first-order chi connectivity index (χ1) is 6.91. The molecule has 15 heavy (non-hydrogen) atoms. The van der Waals surface area contributed by atoms with E-state index >= 15 is 0 Å². The number of hydrogen-bond donors (Lipinski definition) is 0. The third-order valence-electron chi connectivity index (χ3n) is 1.45. The number of alkyl halides is 2. The molecule has 0 amide bonds. The van der Waals surface area contributed by atoms with Crippen LogP contribution >= 0.6 is 43.5 Å². The van der Waals surface area contributed by atoms with Crippen LogP contribution in [0.3, 0.4) is 0 Å². The minimum absolute atomic E-state index is 0.118. The van der Waals surface area contributed by atoms with Gasteiger partial charge in [-0.1, -0.05) is 0 Å². The fraction of sp³-hybridized carbons (Fsp3) is 0.125. The highest BCUT2D eigenvalue weighted by molar-refractivity contribution is 9.13. The first-order valence-corrected chi connectivity index (χ1v) is 5.52. The third-order valence-corrected chi connectivity index (χ3v) is 3.50. The van der Waals surface area contributed by atoms with E-state index in [0.29, 0.717) is 8.95 Å². The van der Waals surface area contributed by atoms with E-state index in [1.165, 1.54) is 12.1 Å². The maximum atomic E-state index is 12.0. The van der Waals surface area contributed by atoms with Gasteiger partial charge in [0.05, 0.1) is 5.56 Å². The highest BCUT2D eigenvalue weighted by Gasteiger charge is 2.16. The van der Waals surface area contributed by atoms with Crippen molar-refractivity contribution in [1.82, 2.24) is 0 Å². The molecule has 2 nitrogen and oxygen atoms in total. The van der Waals surface area contributed by atoms with E-state index in [1.807, 2.05) is 0 Å². The van der Waals surface area contributed by atoms with Crippen LogP contribution in [0, 0.1) is 0 Å². The van der Waals surface area contributed by atoms with Gasteiger partial charge < -0.3 is 4.74 Å². The second-order valence-corrected chi connectivity index (χ2v) is 4.47. The minimum atomic E-state index is -3.01. The summed E-state index contributed by atoms with van der Waals surface area (Å²) in [6, 6.07) is 2.54. The van der Waals surface area contributed by atoms with Gasteiger partial charge in [-0.3, -0.25) is 4.79 Å². The number of carbonyl (C=O) groups is 1. The van der Waals surface area contributed by atoms with Crippen LogP contribution in [0.1, 0.15) is 10.4 Å². The van der Waals surface area contributed by atoms with Gasteiger partial charge in [-0.05, 0) is 55.6 Å². The summed E-state index contributed by atoms with van der Waals surface area (Å²) in [6.45, 7) is -3.01. The molecule has 0 aliphatic rings. The topological polar surface area (TPSA) is 26.3 Å². The largest absolute Gasteiger partial charge is 0.434 e. The molecule has 0 aliphatic heterocycles. The Balaban J connectivity index is 3.22. The van der Waals surface area contributed by atoms with Gasteiger partial charge in [0.1, 0.15) is 5.75 Å². The molecule has 1 aromatic carbocycles. The van der Waals surface area contributed by atoms with Crippen LogP contribution in [-0.4, -0.2) is 11.9 Å². The van der Waals surface area contributed by atoms with Crippen molar-refractivity contribution in [3.05, 3.63) is 26.6 Å². The van der Waals surface area contributed by atoms with Crippen molar-refractivity contribution in [3.8, 4) is 5.75 Å². The second-order valence-electron chi connectivity index (χ2n) is 2.41. The molecular formula is C8H3Br2ClF2O2. The van der Waals surface area contributed by atoms with E-state index in [1.54, 1.807) is 0 Å². The Hall–Kier alpha value is -0.200. The summed E-state index contributed by atoms with van der Waals surface area (Å²) in [5, 5.41) is -0.862. The molecule has 0 bridgehead atoms. The summed E-state index contributed by atoms with van der Waals surface area (Å²) in [5.41, 5.74) is -0.118. The summed E-state index contributed by atoms with van der Waals surface area (Å²) in [4.78, 5) is 10.9. The van der Waals surface area contributed by atoms with Gasteiger partial charge in [0, 0.05) is 8.95 Å². The summed E-state index contributed by atoms with van der Waals surface area (Å²) in [5.74, 6) is -0.264. The molecule has 0 radical (unpaired) electrons. The van der Waals surface area contributed by atoms with Gasteiger partial charge in [0.25, 0.3) is 5.24 Å². The maximum Gasteiger partial charge on any atom is 0.387 e. The average molecular weight is 364 g/mol. The van der Waals surface area contributed by atoms with E-state index in [-0.39, 0.29) is 11.3 Å². The molecule has 1 aromatic rings. The van der Waals surface area contributed by atoms with Crippen LogP contribution in [-0.2, 0) is 0 Å². The van der Waals surface area contributed by atoms with Crippen LogP contribution in [0.25, 0.3) is 0 Å². The molecule has 0 saturated carbocycles. The van der Waals surface area contributed by atoms with Crippen molar-refractivity contribution in [1.29, 1.82) is 0 Å². The van der Waals surface area contributed by atoms with E-state index in [9.17, 15) is 13.6 Å². The standard InChI is InChI=1S/C8H3Br2ClF2O2/c9-4-1-3(7(11)14)6(2-5(4)10)15-8(12)13/h1-2,8H. The highest BCUT2D eigenvalue weighted by atomic mass is 79.9. The molecule has 0 heterocycles. The number of carbonyl (C=O) groups excluding carboxylic acids is 1. The van der Waals surface area contributed by atoms with E-state index in [0.717, 1.165) is 0 Å². The number of benzene rings is 1. The van der Waals surface area contributed by atoms with E-state index in [4.69, 9.17) is 11.6 Å². The Bertz CT molecular complexity index is 398. The summed E-state index contributed by atoms with van der Waals surface area (Å²) < 4.78 is 29.1. The summed E-state index contributed by atoms with van der Waals surface area (Å²) in [7, 11) is 0. The van der Waals surface area contributed by atoms with Crippen LogP contribution < -0.4 is 4.74 Å². The monoisotopic (exact) mass is 362 g/mol. The van der Waals surface area contributed by atoms with Crippen molar-refractivity contribution >= 4 is 48.7 Å². The normalized spacial score (nSPS) is 10.5. The van der Waals surface area contributed by atoms with Crippen molar-refractivity contribution in [2.75, 3.05) is 0 Å². The number of hydrogen-bond acceptors (Lipinski definition) is 2. The predicted molar refractivity (Wildman–Crippen MR) is 58.7 cm³/mol. The zero-order chi connectivity index (χ0) is 11.6. The molecule has 0 aromatic heterocycles. The zero-order valence-corrected chi connectivity index (χ0v) is 10.9. The third kappa shape index (κ3) is 3.39. The van der Waals surface area contributed by atoms with Gasteiger partial charge in [0.2, 0.25) is 0 Å². The highest BCUT2D eigenvalue weighted by Crippen LogP contribution is 2.32. The van der Waals surface area contributed by atoms with Crippen molar-refractivity contribution in [2.24, 2.45) is 0 Å². The van der Waals surface area contributed by atoms with Crippen molar-refractivity contribution in [3.63, 3.8) is 0 Å². The molecule has 0 saturated heterocycles. The smallest absolute Gasteiger partial charge is 0.387 e. The molecule has 0 N–H and O–H groups in total. The molecule has 0 fully saturated rings. The lowest BCUT2D eigenvalue weighted by Crippen LogP contribution is -2.06. The minimum Gasteiger partial charge on any atom is -0.434 e. The predicted octanol–water partition coefficient (Wildman–Crippen LogP) is 4.19. The first-order valence-electron chi connectivity index (χ1n) is 3.55. The number of rotatable bonds is 3. The van der Waals surface area contributed by atoms with Gasteiger partial charge in [0.15, 0.2) is 0 Å². The molecule has 0 unspecified atom stereocenters. The zero-order valence-electron chi connectivity index (χ0n) is 6.94. The molecule has 1 rings (SSSR count). The van der Waals surface area contributed by atoms with Gasteiger partial charge >= 0.3 is 6.61 Å². The van der Waals surface area contributed by atoms with Crippen LogP contribution in [0.2, 0.25) is 0 Å². The Morgan fingerprint density at radius 3 is 2.33 bits per heavy atom. The van der Waals surface area contributed by atoms with Gasteiger partial charge in [-0.25, -0.2) is 0 Å². The van der Waals surface area contributed by atoms with Crippen LogP contribution in [0.15, 0.2) is 21.1 Å². The Morgan fingerprint density at radius 2 is 1.87 bits per heavy atom. The lowest BCUT2D eigenvalue weighted by Gasteiger charge is -2.09. The molecular weight excluding hydrogens is 361 g/mol. The average Bonchev–Trinajstić information content (AvgIpc) is 2.09. The molecule has 7 heteroatoms. The van der Waals surface area contributed by atoms with Gasteiger partial charge in [-0.2, -0.15) is 8.78 Å².